The monoisotopic (exact) mass is 295 g/mol. The minimum atomic E-state index is -0.795. The molecule has 1 saturated heterocycles. The smallest absolute Gasteiger partial charge is 0.305 e. The fourth-order valence-electron chi connectivity index (χ4n) is 3.98. The number of likely N-dealkylation sites (tertiary alicyclic amines) is 1. The van der Waals surface area contributed by atoms with Crippen LogP contribution in [0.3, 0.4) is 0 Å². The van der Waals surface area contributed by atoms with Crippen LogP contribution in [0.5, 0.6) is 0 Å². The average molecular weight is 295 g/mol. The number of aliphatic carboxylic acids is 1. The standard InChI is InChI=1S/C17H29NO3/c1-17(2,3)13-8-6-12(7-9-13)16(21)18-10-4-5-14(18)11-15(19)20/h12-14H,4-11H2,1-3H3,(H,19,20). The normalized spacial score (nSPS) is 30.4. The van der Waals surface area contributed by atoms with Gasteiger partial charge in [0.05, 0.1) is 6.42 Å². The summed E-state index contributed by atoms with van der Waals surface area (Å²) < 4.78 is 0. The minimum Gasteiger partial charge on any atom is -0.481 e. The van der Waals surface area contributed by atoms with Crippen molar-refractivity contribution >= 4 is 11.9 Å². The number of hydrogen-bond donors (Lipinski definition) is 1. The molecule has 0 aromatic carbocycles. The number of carboxylic acids is 1. The highest BCUT2D eigenvalue weighted by atomic mass is 16.4. The number of carboxylic acid groups (broad SMARTS) is 1. The third kappa shape index (κ3) is 3.98. The molecule has 0 bridgehead atoms. The molecule has 1 unspecified atom stereocenters. The molecule has 21 heavy (non-hydrogen) atoms. The second kappa shape index (κ2) is 6.37. The van der Waals surface area contributed by atoms with E-state index in [1.807, 2.05) is 4.90 Å². The number of carbonyl (C=O) groups is 2. The zero-order valence-corrected chi connectivity index (χ0v) is 13.6. The molecule has 1 N–H and O–H groups in total. The fraction of sp³-hybridized carbons (Fsp3) is 0.882. The maximum Gasteiger partial charge on any atom is 0.305 e. The summed E-state index contributed by atoms with van der Waals surface area (Å²) >= 11 is 0. The molecular weight excluding hydrogens is 266 g/mol. The molecule has 2 aliphatic rings. The molecule has 0 spiro atoms. The maximum absolute atomic E-state index is 12.7. The summed E-state index contributed by atoms with van der Waals surface area (Å²) in [4.78, 5) is 25.5. The number of amides is 1. The zero-order valence-electron chi connectivity index (χ0n) is 13.6. The van der Waals surface area contributed by atoms with Crippen molar-refractivity contribution in [3.8, 4) is 0 Å². The zero-order chi connectivity index (χ0) is 15.6. The van der Waals surface area contributed by atoms with Gasteiger partial charge in [-0.15, -0.1) is 0 Å². The number of rotatable bonds is 3. The number of nitrogens with zero attached hydrogens (tertiary/aromatic N) is 1. The summed E-state index contributed by atoms with van der Waals surface area (Å²) in [6.07, 6.45) is 6.07. The van der Waals surface area contributed by atoms with Gasteiger partial charge < -0.3 is 10.0 Å². The molecule has 1 heterocycles. The van der Waals surface area contributed by atoms with Crippen molar-refractivity contribution in [3.05, 3.63) is 0 Å². The fourth-order valence-corrected chi connectivity index (χ4v) is 3.98. The Morgan fingerprint density at radius 2 is 1.71 bits per heavy atom. The Balaban J connectivity index is 1.91. The van der Waals surface area contributed by atoms with Crippen LogP contribution in [0, 0.1) is 17.3 Å². The van der Waals surface area contributed by atoms with Gasteiger partial charge in [-0.1, -0.05) is 20.8 Å². The first-order valence-electron chi connectivity index (χ1n) is 8.31. The van der Waals surface area contributed by atoms with Gasteiger partial charge in [-0.2, -0.15) is 0 Å². The van der Waals surface area contributed by atoms with E-state index < -0.39 is 5.97 Å². The van der Waals surface area contributed by atoms with Crippen molar-refractivity contribution in [3.63, 3.8) is 0 Å². The summed E-state index contributed by atoms with van der Waals surface area (Å²) in [6, 6.07) is -0.0738. The number of hydrogen-bond acceptors (Lipinski definition) is 2. The van der Waals surface area contributed by atoms with Crippen LogP contribution in [0.4, 0.5) is 0 Å². The Labute approximate surface area is 127 Å². The summed E-state index contributed by atoms with van der Waals surface area (Å²) in [5, 5.41) is 8.97. The molecule has 0 aromatic heterocycles. The van der Waals surface area contributed by atoms with Crippen molar-refractivity contribution in [2.45, 2.75) is 71.8 Å². The van der Waals surface area contributed by atoms with Crippen molar-refractivity contribution in [2.24, 2.45) is 17.3 Å². The van der Waals surface area contributed by atoms with Gasteiger partial charge in [0.15, 0.2) is 0 Å². The van der Waals surface area contributed by atoms with Gasteiger partial charge in [-0.05, 0) is 49.9 Å². The van der Waals surface area contributed by atoms with Crippen LogP contribution < -0.4 is 0 Å². The van der Waals surface area contributed by atoms with Crippen molar-refractivity contribution < 1.29 is 14.7 Å². The van der Waals surface area contributed by atoms with Crippen LogP contribution >= 0.6 is 0 Å². The third-order valence-corrected chi connectivity index (χ3v) is 5.37. The molecule has 1 aliphatic heterocycles. The second-order valence-corrected chi connectivity index (χ2v) is 7.84. The second-order valence-electron chi connectivity index (χ2n) is 7.84. The Kier molecular flexibility index (Phi) is 4.95. The molecule has 2 rings (SSSR count). The molecule has 1 saturated carbocycles. The molecule has 0 radical (unpaired) electrons. The molecule has 1 aliphatic carbocycles. The van der Waals surface area contributed by atoms with E-state index in [0.29, 0.717) is 11.3 Å². The predicted molar refractivity (Wildman–Crippen MR) is 81.9 cm³/mol. The van der Waals surface area contributed by atoms with Gasteiger partial charge in [-0.25, -0.2) is 0 Å². The molecule has 1 amide bonds. The van der Waals surface area contributed by atoms with Gasteiger partial charge in [0.25, 0.3) is 0 Å². The summed E-state index contributed by atoms with van der Waals surface area (Å²) in [7, 11) is 0. The van der Waals surface area contributed by atoms with E-state index in [-0.39, 0.29) is 24.3 Å². The number of carbonyl (C=O) groups excluding carboxylic acids is 1. The average Bonchev–Trinajstić information content (AvgIpc) is 2.84. The lowest BCUT2D eigenvalue weighted by atomic mass is 9.69. The van der Waals surface area contributed by atoms with Gasteiger partial charge >= 0.3 is 5.97 Å². The largest absolute Gasteiger partial charge is 0.481 e. The van der Waals surface area contributed by atoms with E-state index >= 15 is 0 Å². The Morgan fingerprint density at radius 3 is 2.24 bits per heavy atom. The lowest BCUT2D eigenvalue weighted by molar-refractivity contribution is -0.142. The van der Waals surface area contributed by atoms with Crippen LogP contribution in [0.2, 0.25) is 0 Å². The topological polar surface area (TPSA) is 57.6 Å². The quantitative estimate of drug-likeness (QED) is 0.869. The molecule has 2 fully saturated rings. The van der Waals surface area contributed by atoms with Crippen LogP contribution in [0.15, 0.2) is 0 Å². The lowest BCUT2D eigenvalue weighted by Crippen LogP contribution is -2.42. The van der Waals surface area contributed by atoms with E-state index in [0.717, 1.165) is 45.1 Å². The first-order chi connectivity index (χ1) is 9.79. The Morgan fingerprint density at radius 1 is 1.10 bits per heavy atom. The van der Waals surface area contributed by atoms with Crippen LogP contribution in [0.25, 0.3) is 0 Å². The maximum atomic E-state index is 12.7. The third-order valence-electron chi connectivity index (χ3n) is 5.37. The highest BCUT2D eigenvalue weighted by Gasteiger charge is 2.37. The molecular formula is C17H29NO3. The summed E-state index contributed by atoms with van der Waals surface area (Å²) in [5.41, 5.74) is 0.327. The predicted octanol–water partition coefficient (Wildman–Crippen LogP) is 3.30. The lowest BCUT2D eigenvalue weighted by Gasteiger charge is -2.38. The van der Waals surface area contributed by atoms with E-state index in [9.17, 15) is 9.59 Å². The Bertz CT molecular complexity index is 391. The van der Waals surface area contributed by atoms with Gasteiger partial charge in [0.1, 0.15) is 0 Å². The van der Waals surface area contributed by atoms with Crippen molar-refractivity contribution in [1.29, 1.82) is 0 Å². The van der Waals surface area contributed by atoms with Gasteiger partial charge in [-0.3, -0.25) is 9.59 Å². The van der Waals surface area contributed by atoms with E-state index in [2.05, 4.69) is 20.8 Å². The minimum absolute atomic E-state index is 0.0738. The first-order valence-corrected chi connectivity index (χ1v) is 8.31. The summed E-state index contributed by atoms with van der Waals surface area (Å²) in [5.74, 6) is 0.246. The highest BCUT2D eigenvalue weighted by molar-refractivity contribution is 5.80. The summed E-state index contributed by atoms with van der Waals surface area (Å²) in [6.45, 7) is 7.59. The van der Waals surface area contributed by atoms with Crippen molar-refractivity contribution in [2.75, 3.05) is 6.54 Å². The van der Waals surface area contributed by atoms with E-state index in [1.165, 1.54) is 0 Å². The molecule has 1 atom stereocenters. The Hall–Kier alpha value is -1.06. The van der Waals surface area contributed by atoms with E-state index in [4.69, 9.17) is 5.11 Å². The molecule has 4 nitrogen and oxygen atoms in total. The van der Waals surface area contributed by atoms with Crippen LogP contribution in [-0.4, -0.2) is 34.5 Å². The highest BCUT2D eigenvalue weighted by Crippen LogP contribution is 2.40. The SMILES string of the molecule is CC(C)(C)C1CCC(C(=O)N2CCCC2CC(=O)O)CC1. The van der Waals surface area contributed by atoms with Crippen LogP contribution in [0.1, 0.15) is 65.7 Å². The molecule has 120 valence electrons. The molecule has 0 aromatic rings. The van der Waals surface area contributed by atoms with Crippen molar-refractivity contribution in [1.82, 2.24) is 4.90 Å². The first kappa shape index (κ1) is 16.3. The molecule has 4 heteroatoms. The van der Waals surface area contributed by atoms with Gasteiger partial charge in [0.2, 0.25) is 5.91 Å². The van der Waals surface area contributed by atoms with Gasteiger partial charge in [0, 0.05) is 18.5 Å². The van der Waals surface area contributed by atoms with Crippen LogP contribution in [-0.2, 0) is 9.59 Å². The van der Waals surface area contributed by atoms with E-state index in [1.54, 1.807) is 0 Å².